The highest BCUT2D eigenvalue weighted by atomic mass is 19.1. The molecular formula is C11H8FN3. The molecular weight excluding hydrogens is 193 g/mol. The van der Waals surface area contributed by atoms with Gasteiger partial charge in [0.25, 0.3) is 0 Å². The third kappa shape index (κ3) is 1.72. The van der Waals surface area contributed by atoms with Crippen molar-refractivity contribution >= 4 is 0 Å². The number of rotatable bonds is 1. The van der Waals surface area contributed by atoms with Crippen LogP contribution in [0.3, 0.4) is 0 Å². The molecule has 0 radical (unpaired) electrons. The van der Waals surface area contributed by atoms with E-state index in [0.29, 0.717) is 11.5 Å². The molecule has 0 bridgehead atoms. The van der Waals surface area contributed by atoms with Crippen molar-refractivity contribution in [1.29, 1.82) is 5.26 Å². The lowest BCUT2D eigenvalue weighted by molar-refractivity contribution is 0.628. The number of hydrogen-bond donors (Lipinski definition) is 1. The molecule has 1 aromatic carbocycles. The second kappa shape index (κ2) is 3.54. The summed E-state index contributed by atoms with van der Waals surface area (Å²) in [6, 6.07) is 7.94. The Labute approximate surface area is 86.2 Å². The molecule has 74 valence electrons. The van der Waals surface area contributed by atoms with Crippen molar-refractivity contribution in [3.8, 4) is 17.5 Å². The summed E-state index contributed by atoms with van der Waals surface area (Å²) in [5.41, 5.74) is 1.85. The summed E-state index contributed by atoms with van der Waals surface area (Å²) in [5.74, 6) is 0.298. The standard InChI is InChI=1S/C11H8FN3/c1-7-10(6-13)15-11(14-7)8-2-4-9(12)5-3-8/h2-5H,1H3,(H,14,15). The van der Waals surface area contributed by atoms with Crippen molar-refractivity contribution < 1.29 is 4.39 Å². The summed E-state index contributed by atoms with van der Waals surface area (Å²) in [6.07, 6.45) is 0. The zero-order valence-electron chi connectivity index (χ0n) is 8.08. The van der Waals surface area contributed by atoms with E-state index in [2.05, 4.69) is 9.97 Å². The number of nitrogens with zero attached hydrogens (tertiary/aromatic N) is 2. The number of nitrogens with one attached hydrogen (secondary N) is 1. The van der Waals surface area contributed by atoms with E-state index in [1.54, 1.807) is 19.1 Å². The van der Waals surface area contributed by atoms with Gasteiger partial charge in [-0.25, -0.2) is 9.37 Å². The quantitative estimate of drug-likeness (QED) is 0.770. The fourth-order valence-electron chi connectivity index (χ4n) is 1.31. The van der Waals surface area contributed by atoms with Crippen LogP contribution in [0.4, 0.5) is 4.39 Å². The Morgan fingerprint density at radius 1 is 1.33 bits per heavy atom. The first-order valence-electron chi connectivity index (χ1n) is 4.43. The molecule has 0 atom stereocenters. The van der Waals surface area contributed by atoms with Crippen molar-refractivity contribution in [2.24, 2.45) is 0 Å². The lowest BCUT2D eigenvalue weighted by atomic mass is 10.2. The van der Waals surface area contributed by atoms with Crippen molar-refractivity contribution in [3.63, 3.8) is 0 Å². The molecule has 0 fully saturated rings. The van der Waals surface area contributed by atoms with Gasteiger partial charge in [-0.15, -0.1) is 0 Å². The second-order valence-corrected chi connectivity index (χ2v) is 3.18. The van der Waals surface area contributed by atoms with E-state index in [-0.39, 0.29) is 5.82 Å². The van der Waals surface area contributed by atoms with Gasteiger partial charge >= 0.3 is 0 Å². The second-order valence-electron chi connectivity index (χ2n) is 3.18. The van der Waals surface area contributed by atoms with Gasteiger partial charge < -0.3 is 4.98 Å². The number of halogens is 1. The number of H-pyrrole nitrogens is 1. The molecule has 0 saturated carbocycles. The van der Waals surface area contributed by atoms with Crippen LogP contribution in [0.25, 0.3) is 11.4 Å². The molecule has 0 aliphatic rings. The first kappa shape index (κ1) is 9.41. The lowest BCUT2D eigenvalue weighted by Gasteiger charge is -1.95. The van der Waals surface area contributed by atoms with Crippen molar-refractivity contribution in [2.45, 2.75) is 6.92 Å². The van der Waals surface area contributed by atoms with E-state index in [1.165, 1.54) is 12.1 Å². The fraction of sp³-hybridized carbons (Fsp3) is 0.0909. The Balaban J connectivity index is 2.46. The summed E-state index contributed by atoms with van der Waals surface area (Å²) in [6.45, 7) is 1.78. The molecule has 0 unspecified atom stereocenters. The molecule has 3 nitrogen and oxygen atoms in total. The van der Waals surface area contributed by atoms with Crippen LogP contribution in [0.15, 0.2) is 24.3 Å². The number of aryl methyl sites for hydroxylation is 1. The van der Waals surface area contributed by atoms with Gasteiger partial charge in [-0.2, -0.15) is 5.26 Å². The van der Waals surface area contributed by atoms with Crippen molar-refractivity contribution in [1.82, 2.24) is 9.97 Å². The number of nitriles is 1. The van der Waals surface area contributed by atoms with E-state index >= 15 is 0 Å². The number of benzene rings is 1. The summed E-state index contributed by atoms with van der Waals surface area (Å²) in [7, 11) is 0. The lowest BCUT2D eigenvalue weighted by Crippen LogP contribution is -1.81. The summed E-state index contributed by atoms with van der Waals surface area (Å²) in [4.78, 5) is 7.06. The maximum Gasteiger partial charge on any atom is 0.161 e. The molecule has 2 aromatic rings. The van der Waals surface area contributed by atoms with Gasteiger partial charge in [0.1, 0.15) is 17.7 Å². The first-order chi connectivity index (χ1) is 7.20. The highest BCUT2D eigenvalue weighted by Gasteiger charge is 2.07. The van der Waals surface area contributed by atoms with Crippen LogP contribution in [0.1, 0.15) is 11.4 Å². The van der Waals surface area contributed by atoms with E-state index in [1.807, 2.05) is 6.07 Å². The Bertz CT molecular complexity index is 520. The number of hydrogen-bond acceptors (Lipinski definition) is 2. The topological polar surface area (TPSA) is 52.5 Å². The fourth-order valence-corrected chi connectivity index (χ4v) is 1.31. The van der Waals surface area contributed by atoms with Gasteiger partial charge in [0.05, 0.1) is 5.69 Å². The first-order valence-corrected chi connectivity index (χ1v) is 4.43. The van der Waals surface area contributed by atoms with Crippen LogP contribution in [0.5, 0.6) is 0 Å². The molecule has 2 rings (SSSR count). The van der Waals surface area contributed by atoms with E-state index in [4.69, 9.17) is 5.26 Å². The van der Waals surface area contributed by atoms with Crippen molar-refractivity contribution in [3.05, 3.63) is 41.5 Å². The van der Waals surface area contributed by atoms with Crippen LogP contribution in [-0.2, 0) is 0 Å². The van der Waals surface area contributed by atoms with Crippen LogP contribution in [0, 0.1) is 24.1 Å². The number of aromatic amines is 1. The van der Waals surface area contributed by atoms with Crippen LogP contribution in [0.2, 0.25) is 0 Å². The monoisotopic (exact) mass is 201 g/mol. The predicted octanol–water partition coefficient (Wildman–Crippen LogP) is 2.40. The van der Waals surface area contributed by atoms with Gasteiger partial charge in [0, 0.05) is 5.56 Å². The molecule has 0 spiro atoms. The van der Waals surface area contributed by atoms with Gasteiger partial charge in [-0.3, -0.25) is 0 Å². The Hall–Kier alpha value is -2.15. The van der Waals surface area contributed by atoms with Gasteiger partial charge in [-0.1, -0.05) is 0 Å². The molecule has 15 heavy (non-hydrogen) atoms. The largest absolute Gasteiger partial charge is 0.341 e. The molecule has 1 aromatic heterocycles. The Morgan fingerprint density at radius 3 is 2.53 bits per heavy atom. The number of aromatic nitrogens is 2. The molecule has 0 aliphatic carbocycles. The van der Waals surface area contributed by atoms with E-state index < -0.39 is 0 Å². The van der Waals surface area contributed by atoms with Crippen molar-refractivity contribution in [2.75, 3.05) is 0 Å². The average Bonchev–Trinajstić information content (AvgIpc) is 2.61. The van der Waals surface area contributed by atoms with Gasteiger partial charge in [0.15, 0.2) is 5.69 Å². The highest BCUT2D eigenvalue weighted by Crippen LogP contribution is 2.17. The van der Waals surface area contributed by atoms with Gasteiger partial charge in [-0.05, 0) is 31.2 Å². The molecule has 0 saturated heterocycles. The minimum absolute atomic E-state index is 0.289. The Morgan fingerprint density at radius 2 is 2.00 bits per heavy atom. The van der Waals surface area contributed by atoms with Gasteiger partial charge in [0.2, 0.25) is 0 Å². The van der Waals surface area contributed by atoms with Crippen LogP contribution >= 0.6 is 0 Å². The molecule has 0 amide bonds. The summed E-state index contributed by atoms with van der Waals surface area (Å²) >= 11 is 0. The molecule has 1 N–H and O–H groups in total. The highest BCUT2D eigenvalue weighted by molar-refractivity contribution is 5.56. The molecule has 4 heteroatoms. The SMILES string of the molecule is Cc1[nH]c(-c2ccc(F)cc2)nc1C#N. The molecule has 1 heterocycles. The minimum atomic E-state index is -0.289. The normalized spacial score (nSPS) is 9.93. The van der Waals surface area contributed by atoms with Crippen LogP contribution < -0.4 is 0 Å². The average molecular weight is 201 g/mol. The maximum absolute atomic E-state index is 12.7. The number of imidazole rings is 1. The smallest absolute Gasteiger partial charge is 0.161 e. The minimum Gasteiger partial charge on any atom is -0.341 e. The Kier molecular flexibility index (Phi) is 2.22. The summed E-state index contributed by atoms with van der Waals surface area (Å²) in [5, 5.41) is 8.73. The zero-order valence-corrected chi connectivity index (χ0v) is 8.08. The third-order valence-corrected chi connectivity index (χ3v) is 2.11. The predicted molar refractivity (Wildman–Crippen MR) is 53.4 cm³/mol. The summed E-state index contributed by atoms with van der Waals surface area (Å²) < 4.78 is 12.7. The zero-order chi connectivity index (χ0) is 10.8. The third-order valence-electron chi connectivity index (χ3n) is 2.11. The maximum atomic E-state index is 12.7. The van der Waals surface area contributed by atoms with E-state index in [0.717, 1.165) is 11.3 Å². The van der Waals surface area contributed by atoms with E-state index in [9.17, 15) is 4.39 Å². The van der Waals surface area contributed by atoms with Crippen LogP contribution in [-0.4, -0.2) is 9.97 Å². The molecule has 0 aliphatic heterocycles.